The zero-order chi connectivity index (χ0) is 14.4. The van der Waals surface area contributed by atoms with Crippen molar-refractivity contribution in [1.82, 2.24) is 24.6 Å². The fourth-order valence-corrected chi connectivity index (χ4v) is 2.23. The van der Waals surface area contributed by atoms with Crippen LogP contribution in [0.1, 0.15) is 11.7 Å². The van der Waals surface area contributed by atoms with Crippen LogP contribution >= 0.6 is 0 Å². The first-order chi connectivity index (χ1) is 9.47. The maximum absolute atomic E-state index is 12.7. The molecule has 0 bridgehead atoms. The maximum atomic E-state index is 12.7. The van der Waals surface area contributed by atoms with Gasteiger partial charge in [0, 0.05) is 20.1 Å². The highest BCUT2D eigenvalue weighted by Gasteiger charge is 2.34. The van der Waals surface area contributed by atoms with Crippen LogP contribution in [0.5, 0.6) is 0 Å². The summed E-state index contributed by atoms with van der Waals surface area (Å²) in [6, 6.07) is 0. The Morgan fingerprint density at radius 3 is 2.90 bits per heavy atom. The number of nitrogens with zero attached hydrogens (tertiary/aromatic N) is 4. The van der Waals surface area contributed by atoms with Gasteiger partial charge in [-0.25, -0.2) is 9.37 Å². The van der Waals surface area contributed by atoms with E-state index < -0.39 is 11.7 Å². The molecule has 0 unspecified atom stereocenters. The van der Waals surface area contributed by atoms with Gasteiger partial charge in [0.05, 0.1) is 12.1 Å². The van der Waals surface area contributed by atoms with E-state index in [1.54, 1.807) is 7.05 Å². The number of H-pyrrole nitrogens is 1. The van der Waals surface area contributed by atoms with Crippen molar-refractivity contribution in [3.05, 3.63) is 34.8 Å². The molecule has 20 heavy (non-hydrogen) atoms. The predicted molar refractivity (Wildman–Crippen MR) is 68.7 cm³/mol. The number of nitrogens with one attached hydrogen (secondary N) is 1. The zero-order valence-corrected chi connectivity index (χ0v) is 10.8. The molecule has 1 N–H and O–H groups in total. The molecule has 8 heteroatoms. The van der Waals surface area contributed by atoms with E-state index in [1.165, 1.54) is 15.8 Å². The van der Waals surface area contributed by atoms with Crippen LogP contribution in [0, 0.1) is 0 Å². The van der Waals surface area contributed by atoms with Crippen LogP contribution in [-0.4, -0.2) is 43.6 Å². The second-order valence-electron chi connectivity index (χ2n) is 4.77. The largest absolute Gasteiger partial charge is 0.335 e. The van der Waals surface area contributed by atoms with Crippen LogP contribution in [0.25, 0.3) is 11.0 Å². The van der Waals surface area contributed by atoms with Gasteiger partial charge < -0.3 is 9.88 Å². The number of aromatic nitrogens is 4. The normalized spacial score (nSPS) is 15.4. The number of carbonyl (C=O) groups is 1. The van der Waals surface area contributed by atoms with Crippen molar-refractivity contribution >= 4 is 16.9 Å². The average molecular weight is 277 g/mol. The number of fused-ring (bicyclic) bond motifs is 1. The first-order valence-corrected chi connectivity index (χ1v) is 6.03. The topological polar surface area (TPSA) is 83.9 Å². The van der Waals surface area contributed by atoms with Crippen LogP contribution in [0.4, 0.5) is 4.39 Å². The van der Waals surface area contributed by atoms with Crippen molar-refractivity contribution < 1.29 is 9.18 Å². The molecule has 0 aliphatic carbocycles. The van der Waals surface area contributed by atoms with Gasteiger partial charge in [-0.05, 0) is 0 Å². The van der Waals surface area contributed by atoms with Gasteiger partial charge in [0.15, 0.2) is 11.5 Å². The SMILES string of the molecule is C=C(F)C(=O)N1CC(c2nc3c(cnn3C)c(=O)[nH]2)C1. The Kier molecular flexibility index (Phi) is 2.66. The Bertz CT molecular complexity index is 772. The third-order valence-electron chi connectivity index (χ3n) is 3.41. The van der Waals surface area contributed by atoms with Crippen LogP contribution in [0.3, 0.4) is 0 Å². The number of amides is 1. The van der Waals surface area contributed by atoms with Crippen molar-refractivity contribution in [2.75, 3.05) is 13.1 Å². The van der Waals surface area contributed by atoms with Gasteiger partial charge in [0.1, 0.15) is 11.2 Å². The summed E-state index contributed by atoms with van der Waals surface area (Å²) in [5, 5.41) is 4.39. The molecule has 7 nitrogen and oxygen atoms in total. The highest BCUT2D eigenvalue weighted by molar-refractivity contribution is 5.91. The predicted octanol–water partition coefficient (Wildman–Crippen LogP) is 0.0656. The van der Waals surface area contributed by atoms with Crippen LogP contribution in [0.2, 0.25) is 0 Å². The first kappa shape index (κ1) is 12.5. The van der Waals surface area contributed by atoms with E-state index in [9.17, 15) is 14.0 Å². The van der Waals surface area contributed by atoms with Gasteiger partial charge in [0.2, 0.25) is 0 Å². The second kappa shape index (κ2) is 4.26. The van der Waals surface area contributed by atoms with Crippen molar-refractivity contribution in [1.29, 1.82) is 0 Å². The molecule has 1 aliphatic rings. The van der Waals surface area contributed by atoms with Crippen molar-refractivity contribution in [3.63, 3.8) is 0 Å². The summed E-state index contributed by atoms with van der Waals surface area (Å²) < 4.78 is 14.2. The van der Waals surface area contributed by atoms with Crippen LogP contribution in [-0.2, 0) is 11.8 Å². The number of hydrogen-bond acceptors (Lipinski definition) is 4. The molecule has 2 aromatic heterocycles. The summed E-state index contributed by atoms with van der Waals surface area (Å²) in [7, 11) is 1.70. The van der Waals surface area contributed by atoms with Crippen molar-refractivity contribution in [2.24, 2.45) is 7.05 Å². The molecule has 1 amide bonds. The molecule has 0 atom stereocenters. The third-order valence-corrected chi connectivity index (χ3v) is 3.41. The number of halogens is 1. The van der Waals surface area contributed by atoms with E-state index in [1.807, 2.05) is 0 Å². The van der Waals surface area contributed by atoms with Crippen LogP contribution < -0.4 is 5.56 Å². The lowest BCUT2D eigenvalue weighted by Crippen LogP contribution is -2.49. The summed E-state index contributed by atoms with van der Waals surface area (Å²) in [5.74, 6) is -1.32. The van der Waals surface area contributed by atoms with E-state index in [0.717, 1.165) is 0 Å². The zero-order valence-electron chi connectivity index (χ0n) is 10.8. The molecule has 1 aliphatic heterocycles. The van der Waals surface area contributed by atoms with Crippen molar-refractivity contribution in [3.8, 4) is 0 Å². The molecule has 1 saturated heterocycles. The van der Waals surface area contributed by atoms with Crippen molar-refractivity contribution in [2.45, 2.75) is 5.92 Å². The van der Waals surface area contributed by atoms with E-state index >= 15 is 0 Å². The molecule has 1 fully saturated rings. The van der Waals surface area contributed by atoms with E-state index in [4.69, 9.17) is 0 Å². The standard InChI is InChI=1S/C12H12FN5O2/c1-6(13)12(20)18-4-7(5-18)9-15-10-8(11(19)16-9)3-14-17(10)2/h3,7H,1,4-5H2,2H3,(H,15,16,19). The second-order valence-corrected chi connectivity index (χ2v) is 4.77. The number of carbonyl (C=O) groups excluding carboxylic acids is 1. The van der Waals surface area contributed by atoms with Gasteiger partial charge in [-0.1, -0.05) is 6.58 Å². The minimum absolute atomic E-state index is 0.106. The van der Waals surface area contributed by atoms with Gasteiger partial charge in [-0.3, -0.25) is 14.3 Å². The van der Waals surface area contributed by atoms with Gasteiger partial charge in [-0.15, -0.1) is 0 Å². The quantitative estimate of drug-likeness (QED) is 0.787. The number of hydrogen-bond donors (Lipinski definition) is 1. The number of aromatic amines is 1. The van der Waals surface area contributed by atoms with Crippen LogP contribution in [0.15, 0.2) is 23.4 Å². The summed E-state index contributed by atoms with van der Waals surface area (Å²) >= 11 is 0. The molecule has 2 aromatic rings. The number of aryl methyl sites for hydroxylation is 1. The average Bonchev–Trinajstić information content (AvgIpc) is 2.70. The lowest BCUT2D eigenvalue weighted by Gasteiger charge is -2.37. The summed E-state index contributed by atoms with van der Waals surface area (Å²) in [6.07, 6.45) is 1.45. The lowest BCUT2D eigenvalue weighted by atomic mass is 9.99. The molecule has 0 radical (unpaired) electrons. The Hall–Kier alpha value is -2.51. The highest BCUT2D eigenvalue weighted by Crippen LogP contribution is 2.25. The molecule has 3 heterocycles. The fraction of sp³-hybridized carbons (Fsp3) is 0.333. The Labute approximate surface area is 112 Å². The van der Waals surface area contributed by atoms with E-state index in [-0.39, 0.29) is 11.5 Å². The van der Waals surface area contributed by atoms with Gasteiger partial charge in [-0.2, -0.15) is 5.10 Å². The molecule has 104 valence electrons. The fourth-order valence-electron chi connectivity index (χ4n) is 2.23. The highest BCUT2D eigenvalue weighted by atomic mass is 19.1. The third kappa shape index (κ3) is 1.80. The smallest absolute Gasteiger partial charge is 0.282 e. The molecule has 0 spiro atoms. The summed E-state index contributed by atoms with van der Waals surface area (Å²) in [4.78, 5) is 31.6. The Morgan fingerprint density at radius 1 is 1.55 bits per heavy atom. The number of likely N-dealkylation sites (tertiary alicyclic amines) is 1. The lowest BCUT2D eigenvalue weighted by molar-refractivity contribution is -0.133. The molecular formula is C12H12FN5O2. The van der Waals surface area contributed by atoms with E-state index in [2.05, 4.69) is 21.6 Å². The maximum Gasteiger partial charge on any atom is 0.282 e. The Morgan fingerprint density at radius 2 is 2.25 bits per heavy atom. The summed E-state index contributed by atoms with van der Waals surface area (Å²) in [5.41, 5.74) is 0.223. The van der Waals surface area contributed by atoms with E-state index in [0.29, 0.717) is 29.9 Å². The molecular weight excluding hydrogens is 265 g/mol. The minimum atomic E-state index is -0.980. The minimum Gasteiger partial charge on any atom is -0.335 e. The number of rotatable bonds is 2. The summed E-state index contributed by atoms with van der Waals surface area (Å²) in [6.45, 7) is 3.60. The molecule has 3 rings (SSSR count). The molecule has 0 saturated carbocycles. The Balaban J connectivity index is 1.87. The monoisotopic (exact) mass is 277 g/mol. The van der Waals surface area contributed by atoms with Gasteiger partial charge >= 0.3 is 0 Å². The first-order valence-electron chi connectivity index (χ1n) is 6.03. The van der Waals surface area contributed by atoms with Gasteiger partial charge in [0.25, 0.3) is 11.5 Å². The molecule has 0 aromatic carbocycles.